The van der Waals surface area contributed by atoms with Gasteiger partial charge in [0.2, 0.25) is 12.2 Å². The van der Waals surface area contributed by atoms with E-state index in [4.69, 9.17) is 10.5 Å². The molecule has 4 nitrogen and oxygen atoms in total. The van der Waals surface area contributed by atoms with Crippen LogP contribution in [0.2, 0.25) is 0 Å². The van der Waals surface area contributed by atoms with Crippen molar-refractivity contribution in [1.82, 2.24) is 4.98 Å². The van der Waals surface area contributed by atoms with Gasteiger partial charge in [-0.25, -0.2) is 4.98 Å². The molecule has 0 saturated carbocycles. The Kier molecular flexibility index (Phi) is 5.23. The summed E-state index contributed by atoms with van der Waals surface area (Å²) >= 11 is 0. The summed E-state index contributed by atoms with van der Waals surface area (Å²) in [4.78, 5) is 3.38. The molecule has 0 aliphatic carbocycles. The fourth-order valence-corrected chi connectivity index (χ4v) is 2.02. The van der Waals surface area contributed by atoms with Crippen LogP contribution >= 0.6 is 0 Å². The maximum absolute atomic E-state index is 12.8. The van der Waals surface area contributed by atoms with Gasteiger partial charge in [-0.1, -0.05) is 24.3 Å². The minimum Gasteiger partial charge on any atom is -0.448 e. The van der Waals surface area contributed by atoms with Gasteiger partial charge in [0, 0.05) is 19.0 Å². The number of hydrogen-bond acceptors (Lipinski definition) is 4. The number of ether oxygens (including phenoxy) is 1. The number of benzene rings is 1. The zero-order valence-corrected chi connectivity index (χ0v) is 12.2. The Bertz CT molecular complexity index is 675. The van der Waals surface area contributed by atoms with Crippen molar-refractivity contribution in [3.63, 3.8) is 0 Å². The maximum atomic E-state index is 12.8. The van der Waals surface area contributed by atoms with Crippen LogP contribution in [0.15, 0.2) is 36.4 Å². The summed E-state index contributed by atoms with van der Waals surface area (Å²) in [6, 6.07) is 9.18. The smallest absolute Gasteiger partial charge is 0.433 e. The normalized spacial score (nSPS) is 13.0. The van der Waals surface area contributed by atoms with E-state index in [1.807, 2.05) is 0 Å². The van der Waals surface area contributed by atoms with Crippen LogP contribution in [-0.4, -0.2) is 16.4 Å². The van der Waals surface area contributed by atoms with E-state index in [-0.39, 0.29) is 24.4 Å². The molecule has 2 rings (SSSR count). The van der Waals surface area contributed by atoms with Crippen molar-refractivity contribution in [3.8, 4) is 5.88 Å². The van der Waals surface area contributed by atoms with E-state index < -0.39 is 18.2 Å². The number of aliphatic hydroxyl groups is 1. The van der Waals surface area contributed by atoms with Crippen LogP contribution in [0.1, 0.15) is 22.4 Å². The third kappa shape index (κ3) is 4.94. The summed E-state index contributed by atoms with van der Waals surface area (Å²) in [6.45, 7) is 3.66. The number of nitrogens with two attached hydrogens (primary N) is 1. The molecule has 3 N–H and O–H groups in total. The monoisotopic (exact) mass is 325 g/mol. The second kappa shape index (κ2) is 6.97. The second-order valence-corrected chi connectivity index (χ2v) is 5.00. The SMILES string of the molecule is [CH2]c1cccc(CC(O)Oc2cc(CN)cc(C(F)(F)F)n2)c1. The van der Waals surface area contributed by atoms with E-state index in [0.29, 0.717) is 0 Å². The van der Waals surface area contributed by atoms with Crippen molar-refractivity contribution in [1.29, 1.82) is 0 Å². The standard InChI is InChI=1S/C16H16F3N2O2/c1-10-3-2-4-11(5-10)8-15(22)23-14-7-12(9-20)6-13(21-14)16(17,18)19/h2-7,15,22H,1,8-9,20H2. The topological polar surface area (TPSA) is 68.4 Å². The molecule has 1 unspecified atom stereocenters. The lowest BCUT2D eigenvalue weighted by Gasteiger charge is -2.15. The van der Waals surface area contributed by atoms with Crippen LogP contribution in [0.5, 0.6) is 5.88 Å². The predicted molar refractivity (Wildman–Crippen MR) is 78.4 cm³/mol. The number of nitrogens with zero attached hydrogens (tertiary/aromatic N) is 1. The van der Waals surface area contributed by atoms with Gasteiger partial charge in [0.25, 0.3) is 0 Å². The molecule has 1 aromatic carbocycles. The Labute approximate surface area is 131 Å². The Morgan fingerprint density at radius 2 is 1.96 bits per heavy atom. The number of rotatable bonds is 5. The first-order valence-corrected chi connectivity index (χ1v) is 6.82. The van der Waals surface area contributed by atoms with Gasteiger partial charge in [-0.3, -0.25) is 0 Å². The largest absolute Gasteiger partial charge is 0.448 e. The molecular formula is C16H16F3N2O2. The van der Waals surface area contributed by atoms with E-state index in [1.54, 1.807) is 24.3 Å². The molecule has 0 fully saturated rings. The number of alkyl halides is 3. The summed E-state index contributed by atoms with van der Waals surface area (Å²) in [5, 5.41) is 9.91. The molecule has 7 heteroatoms. The zero-order chi connectivity index (χ0) is 17.0. The number of hydrogen-bond donors (Lipinski definition) is 2. The summed E-state index contributed by atoms with van der Waals surface area (Å²) in [5.41, 5.74) is 6.00. The van der Waals surface area contributed by atoms with Gasteiger partial charge in [-0.05, 0) is 29.7 Å². The van der Waals surface area contributed by atoms with Crippen LogP contribution in [0.25, 0.3) is 0 Å². The Hall–Kier alpha value is -2.12. The highest BCUT2D eigenvalue weighted by molar-refractivity contribution is 5.28. The van der Waals surface area contributed by atoms with Gasteiger partial charge in [0.05, 0.1) is 0 Å². The first-order valence-electron chi connectivity index (χ1n) is 6.82. The van der Waals surface area contributed by atoms with Gasteiger partial charge in [-0.2, -0.15) is 13.2 Å². The Morgan fingerprint density at radius 1 is 1.22 bits per heavy atom. The van der Waals surface area contributed by atoms with Gasteiger partial charge in [0.1, 0.15) is 5.69 Å². The molecule has 1 aromatic heterocycles. The van der Waals surface area contributed by atoms with Crippen LogP contribution in [0, 0.1) is 6.92 Å². The quantitative estimate of drug-likeness (QED) is 0.830. The number of aliphatic hydroxyl groups excluding tert-OH is 1. The molecule has 123 valence electrons. The number of pyridine rings is 1. The van der Waals surface area contributed by atoms with Gasteiger partial charge >= 0.3 is 6.18 Å². The van der Waals surface area contributed by atoms with E-state index in [0.717, 1.165) is 17.2 Å². The van der Waals surface area contributed by atoms with Gasteiger partial charge in [0.15, 0.2) is 0 Å². The first-order chi connectivity index (χ1) is 10.8. The molecule has 2 aromatic rings. The molecule has 0 amide bonds. The average Bonchev–Trinajstić information content (AvgIpc) is 2.45. The average molecular weight is 325 g/mol. The van der Waals surface area contributed by atoms with E-state index in [1.165, 1.54) is 6.07 Å². The van der Waals surface area contributed by atoms with Crippen LogP contribution < -0.4 is 10.5 Å². The van der Waals surface area contributed by atoms with E-state index in [2.05, 4.69) is 11.9 Å². The third-order valence-corrected chi connectivity index (χ3v) is 3.05. The van der Waals surface area contributed by atoms with Crippen molar-refractivity contribution in [2.24, 2.45) is 5.73 Å². The van der Waals surface area contributed by atoms with Crippen molar-refractivity contribution in [2.45, 2.75) is 25.4 Å². The van der Waals surface area contributed by atoms with Crippen molar-refractivity contribution >= 4 is 0 Å². The lowest BCUT2D eigenvalue weighted by molar-refractivity contribution is -0.141. The molecular weight excluding hydrogens is 309 g/mol. The van der Waals surface area contributed by atoms with E-state index >= 15 is 0 Å². The molecule has 0 bridgehead atoms. The number of aromatic nitrogens is 1. The minimum atomic E-state index is -4.61. The molecule has 0 spiro atoms. The summed E-state index contributed by atoms with van der Waals surface area (Å²) in [7, 11) is 0. The number of halogens is 3. The van der Waals surface area contributed by atoms with Crippen molar-refractivity contribution < 1.29 is 23.0 Å². The second-order valence-electron chi connectivity index (χ2n) is 5.00. The predicted octanol–water partition coefficient (Wildman–Crippen LogP) is 2.68. The van der Waals surface area contributed by atoms with E-state index in [9.17, 15) is 18.3 Å². The fourth-order valence-electron chi connectivity index (χ4n) is 2.02. The highest BCUT2D eigenvalue weighted by Crippen LogP contribution is 2.30. The fraction of sp³-hybridized carbons (Fsp3) is 0.250. The molecule has 1 radical (unpaired) electrons. The third-order valence-electron chi connectivity index (χ3n) is 3.05. The zero-order valence-electron chi connectivity index (χ0n) is 12.2. The van der Waals surface area contributed by atoms with Crippen molar-refractivity contribution in [2.75, 3.05) is 0 Å². The van der Waals surface area contributed by atoms with Gasteiger partial charge in [-0.15, -0.1) is 0 Å². The maximum Gasteiger partial charge on any atom is 0.433 e. The van der Waals surface area contributed by atoms with Crippen LogP contribution in [-0.2, 0) is 19.1 Å². The molecule has 23 heavy (non-hydrogen) atoms. The Morgan fingerprint density at radius 3 is 2.57 bits per heavy atom. The highest BCUT2D eigenvalue weighted by Gasteiger charge is 2.33. The van der Waals surface area contributed by atoms with Crippen LogP contribution in [0.3, 0.4) is 0 Å². The molecule has 1 atom stereocenters. The summed E-state index contributed by atoms with van der Waals surface area (Å²) < 4.78 is 43.5. The highest BCUT2D eigenvalue weighted by atomic mass is 19.4. The summed E-state index contributed by atoms with van der Waals surface area (Å²) in [6.07, 6.45) is -5.85. The summed E-state index contributed by atoms with van der Waals surface area (Å²) in [5.74, 6) is -0.321. The first kappa shape index (κ1) is 17.2. The minimum absolute atomic E-state index is 0.0956. The Balaban J connectivity index is 2.15. The van der Waals surface area contributed by atoms with Crippen LogP contribution in [0.4, 0.5) is 13.2 Å². The van der Waals surface area contributed by atoms with Gasteiger partial charge < -0.3 is 15.6 Å². The molecule has 0 saturated heterocycles. The lowest BCUT2D eigenvalue weighted by atomic mass is 10.1. The molecule has 0 aliphatic heterocycles. The molecule has 1 heterocycles. The van der Waals surface area contributed by atoms with Crippen molar-refractivity contribution in [3.05, 3.63) is 65.7 Å². The lowest BCUT2D eigenvalue weighted by Crippen LogP contribution is -2.20. The molecule has 0 aliphatic rings.